The van der Waals surface area contributed by atoms with Crippen molar-refractivity contribution in [2.45, 2.75) is 39.8 Å². The fourth-order valence-corrected chi connectivity index (χ4v) is 1.71. The molecule has 0 fully saturated rings. The standard InChI is InChI=1S/C13H23N3O/c1-3-8-16-9-6-12(11-16)10-14-7-5-13(17)15-4-2/h6,9,11,14H,3-5,7-8,10H2,1-2H3,(H,15,17). The number of hydrogen-bond donors (Lipinski definition) is 2. The molecule has 1 rings (SSSR count). The van der Waals surface area contributed by atoms with Gasteiger partial charge in [0.2, 0.25) is 5.91 Å². The van der Waals surface area contributed by atoms with Gasteiger partial charge in [-0.25, -0.2) is 0 Å². The summed E-state index contributed by atoms with van der Waals surface area (Å²) in [7, 11) is 0. The highest BCUT2D eigenvalue weighted by Crippen LogP contribution is 2.01. The molecule has 0 aliphatic rings. The number of hydrogen-bond acceptors (Lipinski definition) is 2. The maximum atomic E-state index is 11.2. The van der Waals surface area contributed by atoms with E-state index in [0.29, 0.717) is 13.0 Å². The van der Waals surface area contributed by atoms with Crippen molar-refractivity contribution in [3.05, 3.63) is 24.0 Å². The summed E-state index contributed by atoms with van der Waals surface area (Å²) in [5.41, 5.74) is 1.27. The van der Waals surface area contributed by atoms with Crippen LogP contribution >= 0.6 is 0 Å². The molecule has 1 aromatic heterocycles. The molecule has 0 unspecified atom stereocenters. The van der Waals surface area contributed by atoms with Crippen molar-refractivity contribution in [1.82, 2.24) is 15.2 Å². The normalized spacial score (nSPS) is 10.5. The number of rotatable bonds is 8. The first-order valence-corrected chi connectivity index (χ1v) is 6.38. The molecule has 0 aromatic carbocycles. The van der Waals surface area contributed by atoms with Crippen LogP contribution < -0.4 is 10.6 Å². The van der Waals surface area contributed by atoms with E-state index in [0.717, 1.165) is 26.1 Å². The highest BCUT2D eigenvalue weighted by molar-refractivity contribution is 5.75. The first kappa shape index (κ1) is 13.8. The van der Waals surface area contributed by atoms with Crippen LogP contribution in [-0.2, 0) is 17.9 Å². The molecule has 0 aliphatic heterocycles. The summed E-state index contributed by atoms with van der Waals surface area (Å²) in [5.74, 6) is 0.114. The molecule has 2 N–H and O–H groups in total. The summed E-state index contributed by atoms with van der Waals surface area (Å²) in [4.78, 5) is 11.2. The van der Waals surface area contributed by atoms with Crippen LogP contribution in [0.15, 0.2) is 18.5 Å². The molecule has 0 saturated carbocycles. The first-order chi connectivity index (χ1) is 8.26. The van der Waals surface area contributed by atoms with Crippen LogP contribution in [0.1, 0.15) is 32.3 Å². The molecule has 0 atom stereocenters. The van der Waals surface area contributed by atoms with E-state index in [2.05, 4.69) is 40.6 Å². The van der Waals surface area contributed by atoms with Gasteiger partial charge in [-0.2, -0.15) is 0 Å². The minimum atomic E-state index is 0.114. The van der Waals surface area contributed by atoms with Gasteiger partial charge < -0.3 is 15.2 Å². The van der Waals surface area contributed by atoms with Gasteiger partial charge in [0.1, 0.15) is 0 Å². The van der Waals surface area contributed by atoms with E-state index in [9.17, 15) is 4.79 Å². The molecule has 4 nitrogen and oxygen atoms in total. The van der Waals surface area contributed by atoms with Gasteiger partial charge in [0.25, 0.3) is 0 Å². The Bertz CT molecular complexity index is 333. The van der Waals surface area contributed by atoms with Gasteiger partial charge in [-0.1, -0.05) is 6.92 Å². The number of amides is 1. The van der Waals surface area contributed by atoms with Crippen molar-refractivity contribution in [1.29, 1.82) is 0 Å². The van der Waals surface area contributed by atoms with E-state index in [4.69, 9.17) is 0 Å². The average molecular weight is 237 g/mol. The first-order valence-electron chi connectivity index (χ1n) is 6.38. The van der Waals surface area contributed by atoms with E-state index in [1.807, 2.05) is 6.92 Å². The molecule has 4 heteroatoms. The van der Waals surface area contributed by atoms with E-state index in [1.54, 1.807) is 0 Å². The second kappa shape index (κ2) is 7.90. The number of carbonyl (C=O) groups is 1. The van der Waals surface area contributed by atoms with Gasteiger partial charge in [-0.3, -0.25) is 4.79 Å². The zero-order valence-electron chi connectivity index (χ0n) is 10.8. The molecule has 0 radical (unpaired) electrons. The molecule has 0 bridgehead atoms. The quantitative estimate of drug-likeness (QED) is 0.673. The largest absolute Gasteiger partial charge is 0.356 e. The van der Waals surface area contributed by atoms with E-state index < -0.39 is 0 Å². The Morgan fingerprint density at radius 1 is 1.41 bits per heavy atom. The van der Waals surface area contributed by atoms with Crippen LogP contribution in [0.2, 0.25) is 0 Å². The molecule has 17 heavy (non-hydrogen) atoms. The van der Waals surface area contributed by atoms with Crippen LogP contribution in [-0.4, -0.2) is 23.6 Å². The van der Waals surface area contributed by atoms with Crippen molar-refractivity contribution < 1.29 is 4.79 Å². The Kier molecular flexibility index (Phi) is 6.40. The SMILES string of the molecule is CCCn1ccc(CNCCC(=O)NCC)c1. The van der Waals surface area contributed by atoms with Gasteiger partial charge in [0.05, 0.1) is 0 Å². The van der Waals surface area contributed by atoms with Crippen molar-refractivity contribution >= 4 is 5.91 Å². The van der Waals surface area contributed by atoms with Gasteiger partial charge in [-0.15, -0.1) is 0 Å². The molecule has 1 heterocycles. The van der Waals surface area contributed by atoms with Crippen molar-refractivity contribution in [2.24, 2.45) is 0 Å². The summed E-state index contributed by atoms with van der Waals surface area (Å²) >= 11 is 0. The van der Waals surface area contributed by atoms with Gasteiger partial charge in [0, 0.05) is 45.0 Å². The molecular formula is C13H23N3O. The number of nitrogens with zero attached hydrogens (tertiary/aromatic N) is 1. The minimum absolute atomic E-state index is 0.114. The highest BCUT2D eigenvalue weighted by atomic mass is 16.1. The van der Waals surface area contributed by atoms with Gasteiger partial charge >= 0.3 is 0 Å². The Morgan fingerprint density at radius 3 is 2.94 bits per heavy atom. The summed E-state index contributed by atoms with van der Waals surface area (Å²) in [5, 5.41) is 6.05. The van der Waals surface area contributed by atoms with E-state index in [1.165, 1.54) is 5.56 Å². The van der Waals surface area contributed by atoms with Crippen molar-refractivity contribution in [3.63, 3.8) is 0 Å². The second-order valence-corrected chi connectivity index (χ2v) is 4.14. The third-order valence-corrected chi connectivity index (χ3v) is 2.53. The minimum Gasteiger partial charge on any atom is -0.356 e. The molecule has 0 saturated heterocycles. The van der Waals surface area contributed by atoms with Gasteiger partial charge in [0.15, 0.2) is 0 Å². The zero-order valence-corrected chi connectivity index (χ0v) is 10.8. The maximum Gasteiger partial charge on any atom is 0.221 e. The van der Waals surface area contributed by atoms with E-state index in [-0.39, 0.29) is 5.91 Å². The summed E-state index contributed by atoms with van der Waals surface area (Å²) in [6.45, 7) is 7.44. The predicted octanol–water partition coefficient (Wildman–Crippen LogP) is 1.51. The molecule has 0 spiro atoms. The fraction of sp³-hybridized carbons (Fsp3) is 0.615. The van der Waals surface area contributed by atoms with Crippen LogP contribution in [0, 0.1) is 0 Å². The lowest BCUT2D eigenvalue weighted by molar-refractivity contribution is -0.120. The lowest BCUT2D eigenvalue weighted by Crippen LogP contribution is -2.27. The monoisotopic (exact) mass is 237 g/mol. The molecule has 1 amide bonds. The number of nitrogens with one attached hydrogen (secondary N) is 2. The van der Waals surface area contributed by atoms with Crippen LogP contribution in [0.5, 0.6) is 0 Å². The number of aryl methyl sites for hydroxylation is 1. The molecule has 0 aliphatic carbocycles. The fourth-order valence-electron chi connectivity index (χ4n) is 1.71. The molecule has 1 aromatic rings. The smallest absolute Gasteiger partial charge is 0.221 e. The topological polar surface area (TPSA) is 46.1 Å². The van der Waals surface area contributed by atoms with Gasteiger partial charge in [-0.05, 0) is 25.0 Å². The Labute approximate surface area is 103 Å². The van der Waals surface area contributed by atoms with Crippen molar-refractivity contribution in [2.75, 3.05) is 13.1 Å². The summed E-state index contributed by atoms with van der Waals surface area (Å²) in [6.07, 6.45) is 5.95. The van der Waals surface area contributed by atoms with Crippen LogP contribution in [0.3, 0.4) is 0 Å². The predicted molar refractivity (Wildman–Crippen MR) is 69.7 cm³/mol. The maximum absolute atomic E-state index is 11.2. The summed E-state index contributed by atoms with van der Waals surface area (Å²) < 4.78 is 2.20. The average Bonchev–Trinajstić information content (AvgIpc) is 2.73. The lowest BCUT2D eigenvalue weighted by atomic mass is 10.3. The Morgan fingerprint density at radius 2 is 2.24 bits per heavy atom. The zero-order chi connectivity index (χ0) is 12.5. The highest BCUT2D eigenvalue weighted by Gasteiger charge is 1.99. The third-order valence-electron chi connectivity index (χ3n) is 2.53. The number of aromatic nitrogens is 1. The van der Waals surface area contributed by atoms with E-state index >= 15 is 0 Å². The molecule has 96 valence electrons. The van der Waals surface area contributed by atoms with Crippen LogP contribution in [0.4, 0.5) is 0 Å². The second-order valence-electron chi connectivity index (χ2n) is 4.14. The number of carbonyl (C=O) groups excluding carboxylic acids is 1. The van der Waals surface area contributed by atoms with Crippen molar-refractivity contribution in [3.8, 4) is 0 Å². The molecular weight excluding hydrogens is 214 g/mol. The summed E-state index contributed by atoms with van der Waals surface area (Å²) in [6, 6.07) is 2.12. The Hall–Kier alpha value is -1.29. The van der Waals surface area contributed by atoms with Crippen LogP contribution in [0.25, 0.3) is 0 Å². The lowest BCUT2D eigenvalue weighted by Gasteiger charge is -2.03. The third kappa shape index (κ3) is 5.54. The Balaban J connectivity index is 2.15.